The Hall–Kier alpha value is -4.68. The monoisotopic (exact) mass is 1060 g/mol. The highest BCUT2D eigenvalue weighted by molar-refractivity contribution is 7.89. The van der Waals surface area contributed by atoms with Crippen molar-refractivity contribution in [2.75, 3.05) is 62.2 Å². The molecular weight excluding hydrogens is 1020 g/mol. The Morgan fingerprint density at radius 3 is 1.32 bits per heavy atom. The Balaban J connectivity index is 0.000000201. The smallest absolute Gasteiger partial charge is 0.406 e. The first-order valence-corrected chi connectivity index (χ1v) is 26.0. The Kier molecular flexibility index (Phi) is 15.9. The lowest BCUT2D eigenvalue weighted by molar-refractivity contribution is -0.275. The van der Waals surface area contributed by atoms with Gasteiger partial charge in [0, 0.05) is 76.0 Å². The maximum atomic E-state index is 12.9. The molecule has 2 aromatic heterocycles. The number of rotatable bonds is 12. The van der Waals surface area contributed by atoms with Gasteiger partial charge in [0.05, 0.1) is 31.2 Å². The second kappa shape index (κ2) is 21.1. The van der Waals surface area contributed by atoms with E-state index in [1.165, 1.54) is 48.0 Å². The molecule has 0 bridgehead atoms. The quantitative estimate of drug-likeness (QED) is 0.109. The molecule has 2 fully saturated rings. The number of sulfonamides is 2. The minimum Gasteiger partial charge on any atom is -0.406 e. The van der Waals surface area contributed by atoms with Crippen LogP contribution in [0.3, 0.4) is 0 Å². The molecule has 4 heterocycles. The fourth-order valence-electron chi connectivity index (χ4n) is 7.19. The summed E-state index contributed by atoms with van der Waals surface area (Å²) in [5.74, 6) is -0.937. The summed E-state index contributed by atoms with van der Waals surface area (Å²) in [4.78, 5) is 13.3. The van der Waals surface area contributed by atoms with Crippen molar-refractivity contribution in [1.82, 2.24) is 18.6 Å². The van der Waals surface area contributed by atoms with Crippen LogP contribution in [0.25, 0.3) is 0 Å². The second-order valence-corrected chi connectivity index (χ2v) is 21.9. The van der Waals surface area contributed by atoms with Crippen molar-refractivity contribution in [2.24, 2.45) is 0 Å². The summed E-state index contributed by atoms with van der Waals surface area (Å²) in [7, 11) is -7.66. The van der Waals surface area contributed by atoms with Gasteiger partial charge in [0.15, 0.2) is 10.3 Å². The number of halogens is 8. The molecule has 0 N–H and O–H groups in total. The van der Waals surface area contributed by atoms with E-state index in [4.69, 9.17) is 28.2 Å². The van der Waals surface area contributed by atoms with E-state index >= 15 is 0 Å². The number of alkyl halides is 6. The van der Waals surface area contributed by atoms with Crippen molar-refractivity contribution < 1.29 is 52.7 Å². The van der Waals surface area contributed by atoms with Crippen LogP contribution in [0.4, 0.5) is 36.6 Å². The lowest BCUT2D eigenvalue weighted by Crippen LogP contribution is -2.48. The Morgan fingerprint density at radius 2 is 0.941 bits per heavy atom. The number of piperazine rings is 2. The Morgan fingerprint density at radius 1 is 0.544 bits per heavy atom. The fraction of sp³-hybridized carbons (Fsp3) is 0.318. The number of nitrogens with zero attached hydrogens (tertiary/aromatic N) is 6. The van der Waals surface area contributed by atoms with Crippen LogP contribution < -0.4 is 19.3 Å². The molecule has 0 saturated carbocycles. The van der Waals surface area contributed by atoms with Crippen molar-refractivity contribution in [3.8, 4) is 11.5 Å². The maximum Gasteiger partial charge on any atom is 0.573 e. The molecule has 4 aromatic carbocycles. The van der Waals surface area contributed by atoms with Gasteiger partial charge in [-0.05, 0) is 96.8 Å². The van der Waals surface area contributed by atoms with E-state index in [1.54, 1.807) is 12.1 Å². The van der Waals surface area contributed by atoms with Crippen LogP contribution >= 0.6 is 45.9 Å². The number of aromatic nitrogens is 2. The van der Waals surface area contributed by atoms with Gasteiger partial charge in [-0.1, -0.05) is 47.5 Å². The molecule has 2 saturated heterocycles. The van der Waals surface area contributed by atoms with Crippen LogP contribution in [-0.2, 0) is 32.9 Å². The van der Waals surface area contributed by atoms with Crippen molar-refractivity contribution in [3.05, 3.63) is 139 Å². The van der Waals surface area contributed by atoms with Crippen molar-refractivity contribution in [3.63, 3.8) is 0 Å². The first kappa shape index (κ1) is 51.2. The van der Waals surface area contributed by atoms with E-state index in [1.807, 2.05) is 21.7 Å². The molecule has 364 valence electrons. The van der Waals surface area contributed by atoms with Crippen LogP contribution in [0.2, 0.25) is 10.0 Å². The van der Waals surface area contributed by atoms with E-state index in [0.29, 0.717) is 42.6 Å². The fourth-order valence-corrected chi connectivity index (χ4v) is 12.1. The van der Waals surface area contributed by atoms with Crippen LogP contribution in [0, 0.1) is 13.8 Å². The van der Waals surface area contributed by atoms with Gasteiger partial charge < -0.3 is 19.3 Å². The summed E-state index contributed by atoms with van der Waals surface area (Å²) in [6.45, 7) is 6.97. The average molecular weight is 1060 g/mol. The van der Waals surface area contributed by atoms with Crippen molar-refractivity contribution in [2.45, 2.75) is 49.2 Å². The van der Waals surface area contributed by atoms with Gasteiger partial charge >= 0.3 is 12.7 Å². The average Bonchev–Trinajstić information content (AvgIpc) is 3.96. The van der Waals surface area contributed by atoms with Gasteiger partial charge in [0.1, 0.15) is 11.5 Å². The first-order valence-electron chi connectivity index (χ1n) is 20.6. The molecule has 68 heavy (non-hydrogen) atoms. The summed E-state index contributed by atoms with van der Waals surface area (Å²) in [5.41, 5.74) is 6.51. The minimum absolute atomic E-state index is 0.0691. The zero-order valence-electron chi connectivity index (χ0n) is 36.1. The zero-order valence-corrected chi connectivity index (χ0v) is 40.9. The predicted octanol–water partition coefficient (Wildman–Crippen LogP) is 10.2. The zero-order chi connectivity index (χ0) is 49.0. The molecule has 12 nitrogen and oxygen atoms in total. The molecule has 0 amide bonds. The largest absolute Gasteiger partial charge is 0.573 e. The number of hydrogen-bond acceptors (Lipinski definition) is 12. The van der Waals surface area contributed by atoms with Crippen LogP contribution in [0.15, 0.2) is 105 Å². The van der Waals surface area contributed by atoms with Gasteiger partial charge in [0.25, 0.3) is 0 Å². The first-order chi connectivity index (χ1) is 32.0. The van der Waals surface area contributed by atoms with E-state index in [-0.39, 0.29) is 36.0 Å². The van der Waals surface area contributed by atoms with Crippen LogP contribution in [-0.4, -0.2) is 100 Å². The highest BCUT2D eigenvalue weighted by Crippen LogP contribution is 2.31. The molecule has 6 aromatic rings. The van der Waals surface area contributed by atoms with E-state index in [9.17, 15) is 43.2 Å². The van der Waals surface area contributed by atoms with E-state index in [2.05, 4.69) is 51.4 Å². The van der Waals surface area contributed by atoms with E-state index in [0.717, 1.165) is 82.2 Å². The molecule has 8 rings (SSSR count). The van der Waals surface area contributed by atoms with Crippen molar-refractivity contribution in [1.29, 1.82) is 0 Å². The summed E-state index contributed by atoms with van der Waals surface area (Å²) in [5, 5.41) is 6.59. The molecule has 2 aliphatic heterocycles. The van der Waals surface area contributed by atoms with Gasteiger partial charge in [0.2, 0.25) is 20.0 Å². The summed E-state index contributed by atoms with van der Waals surface area (Å²) in [6, 6.07) is 20.3. The lowest BCUT2D eigenvalue weighted by Gasteiger charge is -2.33. The molecule has 0 unspecified atom stereocenters. The molecule has 24 heteroatoms. The third kappa shape index (κ3) is 13.3. The van der Waals surface area contributed by atoms with Crippen LogP contribution in [0.5, 0.6) is 11.5 Å². The highest BCUT2D eigenvalue weighted by atomic mass is 35.5. The molecule has 2 aliphatic rings. The number of thiazole rings is 2. The minimum atomic E-state index is -4.84. The number of benzene rings is 4. The lowest BCUT2D eigenvalue weighted by atomic mass is 10.0. The number of ether oxygens (including phenoxy) is 2. The topological polar surface area (TPSA) is 125 Å². The number of aryl methyl sites for hydroxylation is 2. The third-order valence-electron chi connectivity index (χ3n) is 10.8. The SMILES string of the molecule is Cc1ccc(Cc2csc(N3CCN(S(=O)(=O)c4ccc(OC(F)(F)F)cc4)CC3)n2)cc1C.O=S(=O)(c1ccc(OC(F)(F)F)cc1)N1CCN(c2nc(Cc3ccc(Cl)c(Cl)c3)cs2)CC1. The molecule has 0 atom stereocenters. The van der Waals surface area contributed by atoms with Gasteiger partial charge in [-0.3, -0.25) is 0 Å². The van der Waals surface area contributed by atoms with Crippen LogP contribution in [0.1, 0.15) is 33.6 Å². The van der Waals surface area contributed by atoms with E-state index < -0.39 is 44.3 Å². The second-order valence-electron chi connectivity index (χ2n) is 15.6. The van der Waals surface area contributed by atoms with Gasteiger partial charge in [-0.2, -0.15) is 8.61 Å². The van der Waals surface area contributed by atoms with Crippen molar-refractivity contribution >= 4 is 76.2 Å². The predicted molar refractivity (Wildman–Crippen MR) is 250 cm³/mol. The summed E-state index contributed by atoms with van der Waals surface area (Å²) < 4.78 is 136. The number of hydrogen-bond donors (Lipinski definition) is 0. The summed E-state index contributed by atoms with van der Waals surface area (Å²) >= 11 is 15.0. The normalized spacial score (nSPS) is 15.5. The molecule has 0 spiro atoms. The van der Waals surface area contributed by atoms with Gasteiger partial charge in [-0.15, -0.1) is 49.0 Å². The Bertz CT molecular complexity index is 2710. The summed E-state index contributed by atoms with van der Waals surface area (Å²) in [6.07, 6.45) is -8.34. The number of anilines is 2. The molecule has 0 radical (unpaired) electrons. The highest BCUT2D eigenvalue weighted by Gasteiger charge is 2.34. The molecule has 0 aliphatic carbocycles. The molecular formula is C44H42Cl2F6N6O6S4. The maximum absolute atomic E-state index is 12.9. The van der Waals surface area contributed by atoms with Gasteiger partial charge in [-0.25, -0.2) is 26.8 Å². The Labute approximate surface area is 407 Å². The third-order valence-corrected chi connectivity index (χ3v) is 17.3. The standard InChI is InChI=1S/C23H24F3N3O3S2.C21H18Cl2F3N3O3S2/c1-16-3-4-18(13-17(16)2)14-19-15-33-22(27-19)28-9-11-29(12-10-28)34(30,31)21-7-5-20(6-8-21)32-23(24,25)26;22-18-6-1-14(12-19(18)23)11-15-13-33-20(27-15)28-7-9-29(10-8-28)34(30,31)17-4-2-16(3-5-17)32-21(24,25)26/h3-8,13,15H,9-12,14H2,1-2H3;1-6,12-13H,7-11H2.